The molecule has 21 heavy (non-hydrogen) atoms. The van der Waals surface area contributed by atoms with Crippen molar-refractivity contribution in [2.75, 3.05) is 5.73 Å². The van der Waals surface area contributed by atoms with E-state index in [4.69, 9.17) is 15.1 Å². The van der Waals surface area contributed by atoms with E-state index in [9.17, 15) is 0 Å². The van der Waals surface area contributed by atoms with Crippen LogP contribution < -0.4 is 5.73 Å². The molecule has 0 saturated carbocycles. The van der Waals surface area contributed by atoms with Crippen LogP contribution in [0.5, 0.6) is 0 Å². The number of aromatic nitrogens is 1. The molecule has 2 N–H and O–H groups in total. The highest BCUT2D eigenvalue weighted by Gasteiger charge is 2.12. The summed E-state index contributed by atoms with van der Waals surface area (Å²) in [4.78, 5) is 4.72. The quantitative estimate of drug-likeness (QED) is 0.540. The number of benzene rings is 2. The average Bonchev–Trinajstić information content (AvgIpc) is 3.14. The predicted molar refractivity (Wildman–Crippen MR) is 87.2 cm³/mol. The zero-order valence-electron chi connectivity index (χ0n) is 11.1. The monoisotopic (exact) mass is 292 g/mol. The lowest BCUT2D eigenvalue weighted by molar-refractivity contribution is 0.617. The summed E-state index contributed by atoms with van der Waals surface area (Å²) >= 11 is 1.62. The fraction of sp³-hybridized carbons (Fsp3) is 0. The minimum atomic E-state index is 0.759. The smallest absolute Gasteiger partial charge is 0.134 e. The van der Waals surface area contributed by atoms with E-state index in [1.165, 1.54) is 0 Å². The number of rotatable bonds is 2. The lowest BCUT2D eigenvalue weighted by Gasteiger charge is -1.97. The van der Waals surface area contributed by atoms with Gasteiger partial charge in [-0.1, -0.05) is 30.3 Å². The van der Waals surface area contributed by atoms with Gasteiger partial charge in [0.25, 0.3) is 0 Å². The summed E-state index contributed by atoms with van der Waals surface area (Å²) in [6.45, 7) is 0. The first-order valence-electron chi connectivity index (χ1n) is 6.59. The molecule has 0 fully saturated rings. The Morgan fingerprint density at radius 3 is 2.67 bits per heavy atom. The molecule has 0 unspecified atom stereocenters. The molecule has 0 saturated heterocycles. The van der Waals surface area contributed by atoms with E-state index in [1.54, 1.807) is 17.6 Å². The molecule has 0 bridgehead atoms. The molecule has 2 aromatic carbocycles. The van der Waals surface area contributed by atoms with Gasteiger partial charge in [-0.2, -0.15) is 0 Å². The van der Waals surface area contributed by atoms with Gasteiger partial charge in [0, 0.05) is 22.0 Å². The summed E-state index contributed by atoms with van der Waals surface area (Å²) in [7, 11) is 0. The number of hydrogen-bond acceptors (Lipinski definition) is 4. The third kappa shape index (κ3) is 2.10. The summed E-state index contributed by atoms with van der Waals surface area (Å²) in [6, 6.07) is 15.8. The van der Waals surface area contributed by atoms with Crippen molar-refractivity contribution in [3.63, 3.8) is 0 Å². The first kappa shape index (κ1) is 12.2. The molecule has 4 aromatic rings. The summed E-state index contributed by atoms with van der Waals surface area (Å²) in [5.74, 6) is 0. The normalized spacial score (nSPS) is 11.0. The highest BCUT2D eigenvalue weighted by Crippen LogP contribution is 2.34. The van der Waals surface area contributed by atoms with Gasteiger partial charge in [0.05, 0.1) is 11.3 Å². The van der Waals surface area contributed by atoms with Crippen LogP contribution in [0.1, 0.15) is 0 Å². The van der Waals surface area contributed by atoms with Gasteiger partial charge in [-0.15, -0.1) is 11.3 Å². The highest BCUT2D eigenvalue weighted by atomic mass is 32.1. The topological polar surface area (TPSA) is 52.0 Å². The lowest BCUT2D eigenvalue weighted by atomic mass is 10.1. The molecule has 0 aliphatic heterocycles. The van der Waals surface area contributed by atoms with Gasteiger partial charge in [-0.3, -0.25) is 0 Å². The van der Waals surface area contributed by atoms with Crippen molar-refractivity contribution in [2.45, 2.75) is 0 Å². The van der Waals surface area contributed by atoms with Crippen LogP contribution in [0.4, 0.5) is 5.69 Å². The van der Waals surface area contributed by atoms with Crippen LogP contribution in [0.15, 0.2) is 64.6 Å². The van der Waals surface area contributed by atoms with E-state index in [0.29, 0.717) is 0 Å². The molecule has 0 spiro atoms. The third-order valence-corrected chi connectivity index (χ3v) is 4.30. The fourth-order valence-electron chi connectivity index (χ4n) is 2.33. The molecule has 0 radical (unpaired) electrons. The van der Waals surface area contributed by atoms with E-state index < -0.39 is 0 Å². The maximum Gasteiger partial charge on any atom is 0.134 e. The van der Waals surface area contributed by atoms with Gasteiger partial charge in [0.2, 0.25) is 0 Å². The van der Waals surface area contributed by atoms with Crippen LogP contribution in [0.2, 0.25) is 0 Å². The van der Waals surface area contributed by atoms with Crippen LogP contribution in [0.25, 0.3) is 32.8 Å². The summed E-state index contributed by atoms with van der Waals surface area (Å²) in [6.07, 6.45) is 1.77. The zero-order chi connectivity index (χ0) is 14.2. The van der Waals surface area contributed by atoms with Crippen LogP contribution in [-0.2, 0) is 0 Å². The Bertz CT molecular complexity index is 906. The Balaban J connectivity index is 1.79. The number of para-hydroxylation sites is 1. The maximum absolute atomic E-state index is 5.72. The van der Waals surface area contributed by atoms with Crippen LogP contribution in [0.3, 0.4) is 0 Å². The van der Waals surface area contributed by atoms with Gasteiger partial charge < -0.3 is 10.2 Å². The van der Waals surface area contributed by atoms with Crippen molar-refractivity contribution in [3.8, 4) is 21.8 Å². The van der Waals surface area contributed by atoms with Crippen molar-refractivity contribution >= 4 is 28.0 Å². The fourth-order valence-corrected chi connectivity index (χ4v) is 3.18. The minimum Gasteiger partial charge on any atom is -0.464 e. The van der Waals surface area contributed by atoms with Gasteiger partial charge in [-0.25, -0.2) is 4.98 Å². The molecule has 3 nitrogen and oxygen atoms in total. The van der Waals surface area contributed by atoms with Crippen molar-refractivity contribution in [1.82, 2.24) is 4.98 Å². The van der Waals surface area contributed by atoms with E-state index in [2.05, 4.69) is 11.4 Å². The van der Waals surface area contributed by atoms with Crippen LogP contribution in [0, 0.1) is 0 Å². The van der Waals surface area contributed by atoms with Gasteiger partial charge in [0.1, 0.15) is 16.9 Å². The Labute approximate surface area is 125 Å². The maximum atomic E-state index is 5.72. The average molecular weight is 292 g/mol. The van der Waals surface area contributed by atoms with E-state index in [0.717, 1.165) is 38.5 Å². The Hall–Kier alpha value is -2.59. The van der Waals surface area contributed by atoms with Crippen molar-refractivity contribution in [1.29, 1.82) is 0 Å². The molecule has 4 rings (SSSR count). The number of thiazole rings is 1. The van der Waals surface area contributed by atoms with E-state index in [-0.39, 0.29) is 0 Å². The number of nitrogens with zero attached hydrogens (tertiary/aromatic N) is 1. The molecule has 0 aliphatic rings. The predicted octanol–water partition coefficient (Wildman–Crippen LogP) is 4.81. The summed E-state index contributed by atoms with van der Waals surface area (Å²) < 4.78 is 5.58. The summed E-state index contributed by atoms with van der Waals surface area (Å²) in [5, 5.41) is 4.12. The molecule has 0 amide bonds. The third-order valence-electron chi connectivity index (χ3n) is 3.42. The first-order chi connectivity index (χ1) is 10.3. The number of hydrogen-bond donors (Lipinski definition) is 1. The number of furan rings is 1. The molecule has 102 valence electrons. The molecule has 0 atom stereocenters. The number of fused-ring (bicyclic) bond motifs is 1. The van der Waals surface area contributed by atoms with Crippen molar-refractivity contribution in [2.24, 2.45) is 0 Å². The van der Waals surface area contributed by atoms with Crippen LogP contribution >= 0.6 is 11.3 Å². The molecule has 2 heterocycles. The Kier molecular flexibility index (Phi) is 2.75. The van der Waals surface area contributed by atoms with Crippen molar-refractivity contribution < 1.29 is 4.42 Å². The largest absolute Gasteiger partial charge is 0.464 e. The second kappa shape index (κ2) is 4.75. The van der Waals surface area contributed by atoms with Gasteiger partial charge in [-0.05, 0) is 18.2 Å². The standard InChI is InChI=1S/C17H12N2OS/c18-12-7-5-11(6-8-12)15-10-21-17(19-15)14-9-20-16-4-2-1-3-13(14)16/h1-10H,18H2. The molecule has 4 heteroatoms. The number of nitrogens with two attached hydrogens (primary N) is 1. The van der Waals surface area contributed by atoms with Crippen LogP contribution in [-0.4, -0.2) is 4.98 Å². The molecule has 0 aliphatic carbocycles. The SMILES string of the molecule is Nc1ccc(-c2csc(-c3coc4ccccc34)n2)cc1. The number of anilines is 1. The number of nitrogen functional groups attached to an aromatic ring is 1. The zero-order valence-corrected chi connectivity index (χ0v) is 11.9. The van der Waals surface area contributed by atoms with Crippen molar-refractivity contribution in [3.05, 3.63) is 60.2 Å². The Morgan fingerprint density at radius 2 is 1.81 bits per heavy atom. The highest BCUT2D eigenvalue weighted by molar-refractivity contribution is 7.13. The second-order valence-corrected chi connectivity index (χ2v) is 5.66. The van der Waals surface area contributed by atoms with Gasteiger partial charge >= 0.3 is 0 Å². The second-order valence-electron chi connectivity index (χ2n) is 4.81. The molecular formula is C17H12N2OS. The lowest BCUT2D eigenvalue weighted by Crippen LogP contribution is -1.84. The molecule has 2 aromatic heterocycles. The van der Waals surface area contributed by atoms with E-state index in [1.807, 2.05) is 42.5 Å². The van der Waals surface area contributed by atoms with E-state index >= 15 is 0 Å². The summed E-state index contributed by atoms with van der Waals surface area (Å²) in [5.41, 5.74) is 10.4. The minimum absolute atomic E-state index is 0.759. The Morgan fingerprint density at radius 1 is 1.00 bits per heavy atom. The molecular weight excluding hydrogens is 280 g/mol. The van der Waals surface area contributed by atoms with Gasteiger partial charge in [0.15, 0.2) is 0 Å². The first-order valence-corrected chi connectivity index (χ1v) is 7.47.